The molecule has 2 atom stereocenters. The van der Waals surface area contributed by atoms with E-state index in [4.69, 9.17) is 9.47 Å². The van der Waals surface area contributed by atoms with Crippen LogP contribution in [-0.4, -0.2) is 33.0 Å². The summed E-state index contributed by atoms with van der Waals surface area (Å²) in [5.41, 5.74) is 1.01. The Kier molecular flexibility index (Phi) is 6.12. The normalized spacial score (nSPS) is 14.3. The molecule has 0 saturated heterocycles. The molecule has 0 radical (unpaired) electrons. The fraction of sp³-hybridized carbons (Fsp3) is 0.600. The van der Waals surface area contributed by atoms with E-state index >= 15 is 0 Å². The summed E-state index contributed by atoms with van der Waals surface area (Å²) in [6.07, 6.45) is 0. The summed E-state index contributed by atoms with van der Waals surface area (Å²) in [5.74, 6) is 2.07. The number of aliphatic hydroxyl groups excluding tert-OH is 1. The first-order valence-electron chi connectivity index (χ1n) is 6.59. The van der Waals surface area contributed by atoms with E-state index < -0.39 is 0 Å². The van der Waals surface area contributed by atoms with Crippen LogP contribution in [0.5, 0.6) is 11.5 Å². The highest BCUT2D eigenvalue weighted by Gasteiger charge is 2.27. The number of rotatable bonds is 7. The van der Waals surface area contributed by atoms with Gasteiger partial charge in [-0.15, -0.1) is 0 Å². The quantitative estimate of drug-likeness (QED) is 0.795. The Balaban J connectivity index is 3.21. The van der Waals surface area contributed by atoms with Gasteiger partial charge in [-0.3, -0.25) is 0 Å². The predicted octanol–water partition coefficient (Wildman–Crippen LogP) is 2.23. The molecule has 0 saturated carbocycles. The van der Waals surface area contributed by atoms with Crippen LogP contribution in [-0.2, 0) is 0 Å². The molecule has 0 aliphatic heterocycles. The number of nitrogens with one attached hydrogen (secondary N) is 1. The van der Waals surface area contributed by atoms with Crippen molar-refractivity contribution < 1.29 is 14.6 Å². The van der Waals surface area contributed by atoms with Crippen molar-refractivity contribution in [1.29, 1.82) is 0 Å². The number of ether oxygens (including phenoxy) is 2. The molecule has 0 bridgehead atoms. The molecular weight excluding hydrogens is 242 g/mol. The Bertz CT molecular complexity index is 393. The topological polar surface area (TPSA) is 50.7 Å². The summed E-state index contributed by atoms with van der Waals surface area (Å²) < 4.78 is 10.7. The molecule has 1 rings (SSSR count). The predicted molar refractivity (Wildman–Crippen MR) is 76.8 cm³/mol. The first kappa shape index (κ1) is 15.8. The summed E-state index contributed by atoms with van der Waals surface area (Å²) in [7, 11) is 5.20. The smallest absolute Gasteiger partial charge is 0.123 e. The first-order chi connectivity index (χ1) is 9.08. The fourth-order valence-electron chi connectivity index (χ4n) is 2.38. The van der Waals surface area contributed by atoms with E-state index in [0.29, 0.717) is 5.92 Å². The molecule has 0 aliphatic rings. The fourth-order valence-corrected chi connectivity index (χ4v) is 2.38. The molecule has 2 N–H and O–H groups in total. The minimum Gasteiger partial charge on any atom is -0.497 e. The number of aliphatic hydroxyl groups is 1. The summed E-state index contributed by atoms with van der Waals surface area (Å²) >= 11 is 0. The molecular formula is C15H25NO3. The van der Waals surface area contributed by atoms with Crippen molar-refractivity contribution >= 4 is 0 Å². The Morgan fingerprint density at radius 2 is 1.89 bits per heavy atom. The third-order valence-electron chi connectivity index (χ3n) is 3.58. The standard InChI is InChI=1S/C15H25NO3/c1-10(2)13(9-17)15(16-3)12-8-11(18-4)6-7-14(12)19-5/h6-8,10,13,15-17H,9H2,1-5H3. The number of hydrogen-bond donors (Lipinski definition) is 2. The number of benzene rings is 1. The van der Waals surface area contributed by atoms with Crippen molar-refractivity contribution in [2.24, 2.45) is 11.8 Å². The molecule has 2 unspecified atom stereocenters. The third-order valence-corrected chi connectivity index (χ3v) is 3.58. The lowest BCUT2D eigenvalue weighted by atomic mass is 9.84. The van der Waals surface area contributed by atoms with Crippen molar-refractivity contribution in [2.45, 2.75) is 19.9 Å². The van der Waals surface area contributed by atoms with Gasteiger partial charge in [0.05, 0.1) is 14.2 Å². The van der Waals surface area contributed by atoms with Gasteiger partial charge in [0.25, 0.3) is 0 Å². The molecule has 0 amide bonds. The molecule has 0 aliphatic carbocycles. The molecule has 0 fully saturated rings. The van der Waals surface area contributed by atoms with Crippen molar-refractivity contribution in [3.05, 3.63) is 23.8 Å². The highest BCUT2D eigenvalue weighted by atomic mass is 16.5. The van der Waals surface area contributed by atoms with Crippen LogP contribution < -0.4 is 14.8 Å². The van der Waals surface area contributed by atoms with Gasteiger partial charge in [0.2, 0.25) is 0 Å². The van der Waals surface area contributed by atoms with E-state index in [-0.39, 0.29) is 18.6 Å². The zero-order chi connectivity index (χ0) is 14.4. The largest absolute Gasteiger partial charge is 0.497 e. The van der Waals surface area contributed by atoms with Crippen LogP contribution >= 0.6 is 0 Å². The Morgan fingerprint density at radius 3 is 2.32 bits per heavy atom. The SMILES string of the molecule is CNC(c1cc(OC)ccc1OC)C(CO)C(C)C. The highest BCUT2D eigenvalue weighted by Crippen LogP contribution is 2.35. The van der Waals surface area contributed by atoms with Crippen LogP contribution in [0, 0.1) is 11.8 Å². The van der Waals surface area contributed by atoms with Crippen LogP contribution in [0.1, 0.15) is 25.5 Å². The Labute approximate surface area is 115 Å². The summed E-state index contributed by atoms with van der Waals surface area (Å²) in [5, 5.41) is 12.9. The van der Waals surface area contributed by atoms with Gasteiger partial charge in [0.1, 0.15) is 11.5 Å². The van der Waals surface area contributed by atoms with Crippen molar-refractivity contribution in [3.8, 4) is 11.5 Å². The van der Waals surface area contributed by atoms with Gasteiger partial charge in [-0.25, -0.2) is 0 Å². The van der Waals surface area contributed by atoms with E-state index in [9.17, 15) is 5.11 Å². The zero-order valence-electron chi connectivity index (χ0n) is 12.4. The molecule has 1 aromatic carbocycles. The van der Waals surface area contributed by atoms with E-state index in [1.54, 1.807) is 14.2 Å². The van der Waals surface area contributed by atoms with E-state index in [0.717, 1.165) is 17.1 Å². The van der Waals surface area contributed by atoms with E-state index in [1.165, 1.54) is 0 Å². The maximum Gasteiger partial charge on any atom is 0.123 e. The van der Waals surface area contributed by atoms with Crippen molar-refractivity contribution in [3.63, 3.8) is 0 Å². The van der Waals surface area contributed by atoms with Crippen LogP contribution in [0.15, 0.2) is 18.2 Å². The summed E-state index contributed by atoms with van der Waals surface area (Å²) in [4.78, 5) is 0. The molecule has 19 heavy (non-hydrogen) atoms. The lowest BCUT2D eigenvalue weighted by Gasteiger charge is -2.30. The van der Waals surface area contributed by atoms with Gasteiger partial charge in [-0.1, -0.05) is 13.8 Å². The molecule has 0 heterocycles. The average molecular weight is 267 g/mol. The van der Waals surface area contributed by atoms with Crippen molar-refractivity contribution in [2.75, 3.05) is 27.9 Å². The van der Waals surface area contributed by atoms with Gasteiger partial charge in [-0.2, -0.15) is 0 Å². The minimum atomic E-state index is 0.0232. The van der Waals surface area contributed by atoms with Gasteiger partial charge < -0.3 is 19.9 Å². The maximum atomic E-state index is 9.64. The van der Waals surface area contributed by atoms with E-state index in [1.807, 2.05) is 25.2 Å². The zero-order valence-corrected chi connectivity index (χ0v) is 12.4. The molecule has 108 valence electrons. The first-order valence-corrected chi connectivity index (χ1v) is 6.59. The Morgan fingerprint density at radius 1 is 1.21 bits per heavy atom. The maximum absolute atomic E-state index is 9.64. The summed E-state index contributed by atoms with van der Waals surface area (Å²) in [6.45, 7) is 4.35. The second kappa shape index (κ2) is 7.36. The van der Waals surface area contributed by atoms with Crippen LogP contribution in [0.4, 0.5) is 0 Å². The molecule has 0 aromatic heterocycles. The summed E-state index contributed by atoms with van der Waals surface area (Å²) in [6, 6.07) is 5.76. The van der Waals surface area contributed by atoms with Crippen LogP contribution in [0.2, 0.25) is 0 Å². The Hall–Kier alpha value is -1.26. The average Bonchev–Trinajstić information content (AvgIpc) is 2.43. The monoisotopic (exact) mass is 267 g/mol. The lowest BCUT2D eigenvalue weighted by Crippen LogP contribution is -2.31. The van der Waals surface area contributed by atoms with Gasteiger partial charge in [0.15, 0.2) is 0 Å². The second-order valence-corrected chi connectivity index (χ2v) is 4.96. The second-order valence-electron chi connectivity index (χ2n) is 4.96. The van der Waals surface area contributed by atoms with Crippen molar-refractivity contribution in [1.82, 2.24) is 5.32 Å². The third kappa shape index (κ3) is 3.61. The molecule has 4 heteroatoms. The number of hydrogen-bond acceptors (Lipinski definition) is 4. The lowest BCUT2D eigenvalue weighted by molar-refractivity contribution is 0.152. The van der Waals surface area contributed by atoms with Gasteiger partial charge >= 0.3 is 0 Å². The van der Waals surface area contributed by atoms with E-state index in [2.05, 4.69) is 19.2 Å². The molecule has 0 spiro atoms. The minimum absolute atomic E-state index is 0.0232. The van der Waals surface area contributed by atoms with Crippen LogP contribution in [0.3, 0.4) is 0 Å². The van der Waals surface area contributed by atoms with Gasteiger partial charge in [-0.05, 0) is 31.2 Å². The van der Waals surface area contributed by atoms with Gasteiger partial charge in [0, 0.05) is 24.1 Å². The molecule has 1 aromatic rings. The van der Waals surface area contributed by atoms with Crippen LogP contribution in [0.25, 0.3) is 0 Å². The highest BCUT2D eigenvalue weighted by molar-refractivity contribution is 5.42. The number of methoxy groups -OCH3 is 2. The molecule has 4 nitrogen and oxygen atoms in total.